The van der Waals surface area contributed by atoms with Gasteiger partial charge in [-0.1, -0.05) is 83.9 Å². The van der Waals surface area contributed by atoms with Crippen LogP contribution in [0.2, 0.25) is 10.0 Å². The van der Waals surface area contributed by atoms with Crippen molar-refractivity contribution in [3.8, 4) is 0 Å². The molecule has 1 aliphatic rings. The van der Waals surface area contributed by atoms with Crippen LogP contribution in [0.3, 0.4) is 0 Å². The van der Waals surface area contributed by atoms with Crippen LogP contribution in [0.5, 0.6) is 0 Å². The summed E-state index contributed by atoms with van der Waals surface area (Å²) in [5.74, 6) is -0.868. The molecule has 0 fully saturated rings. The second kappa shape index (κ2) is 11.4. The molecule has 40 heavy (non-hydrogen) atoms. The van der Waals surface area contributed by atoms with Crippen molar-refractivity contribution in [3.63, 3.8) is 0 Å². The number of hydrogen-bond acceptors (Lipinski definition) is 4. The van der Waals surface area contributed by atoms with E-state index in [1.807, 2.05) is 48.5 Å². The lowest BCUT2D eigenvalue weighted by Gasteiger charge is -2.06. The standard InChI is InChI=1S/C16H7ClO2.C14H9Cl.C2Cl2O2/c17-12-6-5-10-13-11(12)7-8-3-1-2-4-9(8)14(13)16(19)15(10)18;15-14-7-3-6-12-8-10-4-1-2-5-11(10)9-13(12)14;3-1(5)2(4)6/h1-7H;1-9H;. The van der Waals surface area contributed by atoms with E-state index in [2.05, 4.69) is 59.6 Å². The number of fused-ring (bicyclic) bond motifs is 4. The number of Topliss-reactive ketones (excluding diaryl/α,β-unsaturated/α-hetero) is 2. The lowest BCUT2D eigenvalue weighted by molar-refractivity contribution is -0.127. The quantitative estimate of drug-likeness (QED) is 0.106. The second-order valence-electron chi connectivity index (χ2n) is 8.86. The number of ketones is 2. The van der Waals surface area contributed by atoms with Crippen LogP contribution in [0.15, 0.2) is 97.1 Å². The first kappa shape index (κ1) is 27.8. The number of rotatable bonds is 1. The molecule has 0 saturated carbocycles. The Hall–Kier alpha value is -3.80. The van der Waals surface area contributed by atoms with Crippen molar-refractivity contribution in [3.05, 3.63) is 118 Å². The van der Waals surface area contributed by atoms with E-state index >= 15 is 0 Å². The molecule has 8 heteroatoms. The molecular weight excluding hydrogens is 590 g/mol. The van der Waals surface area contributed by atoms with Crippen molar-refractivity contribution in [1.82, 2.24) is 0 Å². The molecule has 0 amide bonds. The Morgan fingerprint density at radius 3 is 1.70 bits per heavy atom. The fourth-order valence-electron chi connectivity index (χ4n) is 4.73. The maximum Gasteiger partial charge on any atom is 0.304 e. The molecule has 0 saturated heterocycles. The zero-order chi connectivity index (χ0) is 28.6. The summed E-state index contributed by atoms with van der Waals surface area (Å²) in [5, 5.41) is 7.11. The monoisotopic (exact) mass is 604 g/mol. The molecule has 6 aromatic carbocycles. The average Bonchev–Trinajstić information content (AvgIpc) is 3.21. The van der Waals surface area contributed by atoms with Crippen LogP contribution in [0.4, 0.5) is 0 Å². The Labute approximate surface area is 248 Å². The van der Waals surface area contributed by atoms with Gasteiger partial charge < -0.3 is 0 Å². The van der Waals surface area contributed by atoms with Crippen molar-refractivity contribution in [2.24, 2.45) is 0 Å². The van der Waals surface area contributed by atoms with Gasteiger partial charge in [-0.15, -0.1) is 0 Å². The number of halogens is 4. The Morgan fingerprint density at radius 1 is 0.500 bits per heavy atom. The smallest absolute Gasteiger partial charge is 0.285 e. The highest BCUT2D eigenvalue weighted by molar-refractivity contribution is 6.97. The molecule has 0 unspecified atom stereocenters. The highest BCUT2D eigenvalue weighted by atomic mass is 35.5. The predicted molar refractivity (Wildman–Crippen MR) is 163 cm³/mol. The number of carbonyl (C=O) groups is 4. The topological polar surface area (TPSA) is 68.3 Å². The molecule has 4 nitrogen and oxygen atoms in total. The molecule has 0 radical (unpaired) electrons. The van der Waals surface area contributed by atoms with E-state index in [4.69, 9.17) is 23.2 Å². The molecule has 1 aliphatic carbocycles. The Balaban J connectivity index is 0.000000137. The minimum atomic E-state index is -1.14. The zero-order valence-electron chi connectivity index (χ0n) is 20.4. The fraction of sp³-hybridized carbons (Fsp3) is 0. The Morgan fingerprint density at radius 2 is 1.02 bits per heavy atom. The van der Waals surface area contributed by atoms with Gasteiger partial charge in [0.2, 0.25) is 11.6 Å². The zero-order valence-corrected chi connectivity index (χ0v) is 23.4. The first-order valence-electron chi connectivity index (χ1n) is 11.9. The Bertz CT molecular complexity index is 2020. The molecule has 0 heterocycles. The van der Waals surface area contributed by atoms with Crippen molar-refractivity contribution in [2.45, 2.75) is 0 Å². The minimum absolute atomic E-state index is 0.431. The molecule has 0 atom stereocenters. The van der Waals surface area contributed by atoms with E-state index in [-0.39, 0.29) is 0 Å². The van der Waals surface area contributed by atoms with Gasteiger partial charge in [0.25, 0.3) is 0 Å². The lowest BCUT2D eigenvalue weighted by Crippen LogP contribution is -2.06. The van der Waals surface area contributed by atoms with Gasteiger partial charge in [-0.3, -0.25) is 19.2 Å². The highest BCUT2D eigenvalue weighted by Gasteiger charge is 2.33. The molecule has 6 aromatic rings. The second-order valence-corrected chi connectivity index (χ2v) is 10.4. The number of hydrogen-bond donors (Lipinski definition) is 0. The van der Waals surface area contributed by atoms with Gasteiger partial charge in [-0.2, -0.15) is 0 Å². The van der Waals surface area contributed by atoms with Crippen molar-refractivity contribution >= 4 is 112 Å². The van der Waals surface area contributed by atoms with Crippen LogP contribution in [-0.4, -0.2) is 22.1 Å². The first-order valence-corrected chi connectivity index (χ1v) is 13.4. The largest absolute Gasteiger partial charge is 0.304 e. The predicted octanol–water partition coefficient (Wildman–Crippen LogP) is 9.19. The molecule has 0 bridgehead atoms. The third-order valence-corrected chi connectivity index (χ3v) is 7.60. The van der Waals surface area contributed by atoms with E-state index in [9.17, 15) is 19.2 Å². The molecule has 0 aromatic heterocycles. The maximum absolute atomic E-state index is 12.2. The van der Waals surface area contributed by atoms with E-state index in [0.717, 1.165) is 26.6 Å². The third kappa shape index (κ3) is 5.19. The van der Waals surface area contributed by atoms with Crippen LogP contribution in [0, 0.1) is 0 Å². The maximum atomic E-state index is 12.2. The van der Waals surface area contributed by atoms with Crippen LogP contribution in [0.1, 0.15) is 20.7 Å². The van der Waals surface area contributed by atoms with Crippen LogP contribution in [-0.2, 0) is 9.59 Å². The summed E-state index contributed by atoms with van der Waals surface area (Å²) in [6.45, 7) is 0. The van der Waals surface area contributed by atoms with Crippen LogP contribution >= 0.6 is 46.4 Å². The van der Waals surface area contributed by atoms with Crippen molar-refractivity contribution < 1.29 is 19.2 Å². The summed E-state index contributed by atoms with van der Waals surface area (Å²) in [6, 6.07) is 31.5. The number of benzene rings is 6. The van der Waals surface area contributed by atoms with Gasteiger partial charge in [0.15, 0.2) is 0 Å². The summed E-state index contributed by atoms with van der Waals surface area (Å²) in [5.41, 5.74) is 0.959. The molecular formula is C32H16Cl4O4. The summed E-state index contributed by atoms with van der Waals surface area (Å²) in [7, 11) is 0. The Kier molecular flexibility index (Phi) is 7.88. The normalized spacial score (nSPS) is 11.8. The lowest BCUT2D eigenvalue weighted by atomic mass is 9.98. The minimum Gasteiger partial charge on any atom is -0.285 e. The van der Waals surface area contributed by atoms with Crippen LogP contribution in [0.25, 0.3) is 43.1 Å². The summed E-state index contributed by atoms with van der Waals surface area (Å²) < 4.78 is 0. The molecule has 0 aliphatic heterocycles. The summed E-state index contributed by atoms with van der Waals surface area (Å²) >= 11 is 21.3. The van der Waals surface area contributed by atoms with Gasteiger partial charge in [0, 0.05) is 37.3 Å². The van der Waals surface area contributed by atoms with Crippen molar-refractivity contribution in [2.75, 3.05) is 0 Å². The SMILES string of the molecule is Clc1cccc2cc3ccccc3cc12.O=C(Cl)C(=O)Cl.O=C1C(=O)c2c3ccccc3cc3c(Cl)ccc1c23. The van der Waals surface area contributed by atoms with E-state index < -0.39 is 22.1 Å². The van der Waals surface area contributed by atoms with E-state index in [1.165, 1.54) is 16.2 Å². The molecule has 7 rings (SSSR count). The van der Waals surface area contributed by atoms with E-state index in [1.54, 1.807) is 12.1 Å². The van der Waals surface area contributed by atoms with E-state index in [0.29, 0.717) is 21.5 Å². The summed E-state index contributed by atoms with van der Waals surface area (Å²) in [4.78, 5) is 43.1. The number of carbonyl (C=O) groups excluding carboxylic acids is 4. The van der Waals surface area contributed by atoms with Gasteiger partial charge in [-0.25, -0.2) is 0 Å². The van der Waals surface area contributed by atoms with Crippen molar-refractivity contribution in [1.29, 1.82) is 0 Å². The highest BCUT2D eigenvalue weighted by Crippen LogP contribution is 2.39. The molecule has 196 valence electrons. The van der Waals surface area contributed by atoms with Gasteiger partial charge >= 0.3 is 10.5 Å². The third-order valence-electron chi connectivity index (χ3n) is 6.50. The molecule has 0 N–H and O–H groups in total. The average molecular weight is 606 g/mol. The van der Waals surface area contributed by atoms with Gasteiger partial charge in [0.05, 0.1) is 0 Å². The fourth-order valence-corrected chi connectivity index (χ4v) is 5.18. The first-order chi connectivity index (χ1) is 19.2. The van der Waals surface area contributed by atoms with Crippen LogP contribution < -0.4 is 0 Å². The van der Waals surface area contributed by atoms with Gasteiger partial charge in [0.1, 0.15) is 0 Å². The molecule has 0 spiro atoms. The van der Waals surface area contributed by atoms with Gasteiger partial charge in [-0.05, 0) is 86.5 Å². The summed E-state index contributed by atoms with van der Waals surface area (Å²) in [6.07, 6.45) is 0.